The van der Waals surface area contributed by atoms with Gasteiger partial charge in [0.25, 0.3) is 0 Å². The van der Waals surface area contributed by atoms with Gasteiger partial charge in [-0.15, -0.1) is 0 Å². The van der Waals surface area contributed by atoms with Crippen LogP contribution in [0.2, 0.25) is 0 Å². The minimum absolute atomic E-state index is 0.429. The van der Waals surface area contributed by atoms with Crippen LogP contribution in [-0.2, 0) is 11.2 Å². The Kier molecular flexibility index (Phi) is 5.33. The molecule has 0 aliphatic carbocycles. The van der Waals surface area contributed by atoms with Crippen molar-refractivity contribution in [2.45, 2.75) is 26.2 Å². The molecule has 0 aliphatic heterocycles. The third kappa shape index (κ3) is 4.60. The number of carbonyl (C=O) groups excluding carboxylic acids is 1. The van der Waals surface area contributed by atoms with Gasteiger partial charge in [0.15, 0.2) is 0 Å². The number of unbranched alkanes of at least 4 members (excludes halogenated alkanes) is 1. The Labute approximate surface area is 126 Å². The van der Waals surface area contributed by atoms with Gasteiger partial charge in [-0.3, -0.25) is 4.79 Å². The second kappa shape index (κ2) is 7.44. The molecular formula is C19H21NO. The monoisotopic (exact) mass is 279 g/mol. The van der Waals surface area contributed by atoms with Crippen LogP contribution in [0.25, 0.3) is 17.2 Å². The smallest absolute Gasteiger partial charge is 0.241 e. The van der Waals surface area contributed by atoms with Gasteiger partial charge in [0.1, 0.15) is 0 Å². The number of hydrogen-bond donors (Lipinski definition) is 1. The van der Waals surface area contributed by atoms with Crippen molar-refractivity contribution in [3.8, 4) is 11.1 Å². The molecule has 0 saturated heterocycles. The summed E-state index contributed by atoms with van der Waals surface area (Å²) >= 11 is 0. The van der Waals surface area contributed by atoms with Crippen LogP contribution >= 0.6 is 0 Å². The fourth-order valence-electron chi connectivity index (χ4n) is 2.21. The first-order chi connectivity index (χ1) is 10.2. The Morgan fingerprint density at radius 2 is 1.57 bits per heavy atom. The van der Waals surface area contributed by atoms with E-state index < -0.39 is 5.91 Å². The first kappa shape index (κ1) is 15.0. The highest BCUT2D eigenvalue weighted by atomic mass is 16.1. The van der Waals surface area contributed by atoms with Crippen molar-refractivity contribution in [2.24, 2.45) is 5.73 Å². The zero-order valence-corrected chi connectivity index (χ0v) is 12.4. The average molecular weight is 279 g/mol. The van der Waals surface area contributed by atoms with Crippen LogP contribution in [-0.4, -0.2) is 5.91 Å². The van der Waals surface area contributed by atoms with E-state index in [0.29, 0.717) is 0 Å². The molecule has 2 heteroatoms. The van der Waals surface area contributed by atoms with E-state index in [9.17, 15) is 4.79 Å². The minimum atomic E-state index is -0.429. The Balaban J connectivity index is 2.09. The molecule has 0 saturated carbocycles. The molecule has 0 fully saturated rings. The van der Waals surface area contributed by atoms with Gasteiger partial charge in [0.05, 0.1) is 0 Å². The van der Waals surface area contributed by atoms with E-state index >= 15 is 0 Å². The Hall–Kier alpha value is -2.35. The van der Waals surface area contributed by atoms with Crippen molar-refractivity contribution in [3.63, 3.8) is 0 Å². The largest absolute Gasteiger partial charge is 0.366 e. The van der Waals surface area contributed by atoms with Gasteiger partial charge >= 0.3 is 0 Å². The van der Waals surface area contributed by atoms with E-state index in [1.54, 1.807) is 6.08 Å². The number of rotatable bonds is 6. The molecule has 0 unspecified atom stereocenters. The maximum atomic E-state index is 10.7. The minimum Gasteiger partial charge on any atom is -0.366 e. The number of carbonyl (C=O) groups is 1. The first-order valence-corrected chi connectivity index (χ1v) is 7.36. The predicted octanol–water partition coefficient (Wildman–Crippen LogP) is 4.19. The molecular weight excluding hydrogens is 258 g/mol. The molecule has 0 radical (unpaired) electrons. The van der Waals surface area contributed by atoms with Crippen LogP contribution < -0.4 is 5.73 Å². The van der Waals surface area contributed by atoms with Gasteiger partial charge in [0.2, 0.25) is 5.91 Å². The Bertz CT molecular complexity index is 609. The zero-order chi connectivity index (χ0) is 15.1. The van der Waals surface area contributed by atoms with E-state index in [0.717, 1.165) is 12.0 Å². The molecule has 2 rings (SSSR count). The summed E-state index contributed by atoms with van der Waals surface area (Å²) in [6.45, 7) is 2.21. The summed E-state index contributed by atoms with van der Waals surface area (Å²) in [5.74, 6) is -0.429. The van der Waals surface area contributed by atoms with Gasteiger partial charge in [-0.05, 0) is 41.2 Å². The number of amides is 1. The number of primary amides is 1. The molecule has 2 nitrogen and oxygen atoms in total. The average Bonchev–Trinajstić information content (AvgIpc) is 2.52. The summed E-state index contributed by atoms with van der Waals surface area (Å²) in [5, 5.41) is 0. The maximum Gasteiger partial charge on any atom is 0.241 e. The standard InChI is InChI=1S/C19H21NO/c1-2-3-4-15-5-10-17(11-6-15)18-12-7-16(8-13-18)9-14-19(20)21/h5-14H,2-4H2,1H3,(H2,20,21)/b14-9+. The third-order valence-electron chi connectivity index (χ3n) is 3.46. The first-order valence-electron chi connectivity index (χ1n) is 7.36. The highest BCUT2D eigenvalue weighted by Gasteiger charge is 1.98. The number of aryl methyl sites for hydroxylation is 1. The number of nitrogens with two attached hydrogens (primary N) is 1. The van der Waals surface area contributed by atoms with Crippen LogP contribution in [0.4, 0.5) is 0 Å². The van der Waals surface area contributed by atoms with Gasteiger partial charge in [-0.25, -0.2) is 0 Å². The molecule has 2 aromatic rings. The Morgan fingerprint density at radius 3 is 2.10 bits per heavy atom. The number of hydrogen-bond acceptors (Lipinski definition) is 1. The second-order valence-electron chi connectivity index (χ2n) is 5.16. The van der Waals surface area contributed by atoms with Crippen molar-refractivity contribution in [3.05, 3.63) is 65.7 Å². The highest BCUT2D eigenvalue weighted by molar-refractivity contribution is 5.90. The molecule has 2 N–H and O–H groups in total. The molecule has 0 atom stereocenters. The maximum absolute atomic E-state index is 10.7. The fraction of sp³-hybridized carbons (Fsp3) is 0.211. The van der Waals surface area contributed by atoms with Crippen LogP contribution in [0, 0.1) is 0 Å². The lowest BCUT2D eigenvalue weighted by Gasteiger charge is -2.05. The summed E-state index contributed by atoms with van der Waals surface area (Å²) < 4.78 is 0. The summed E-state index contributed by atoms with van der Waals surface area (Å²) in [7, 11) is 0. The van der Waals surface area contributed by atoms with E-state index in [1.807, 2.05) is 12.1 Å². The molecule has 21 heavy (non-hydrogen) atoms. The molecule has 0 spiro atoms. The third-order valence-corrected chi connectivity index (χ3v) is 3.46. The number of benzene rings is 2. The summed E-state index contributed by atoms with van der Waals surface area (Å²) in [4.78, 5) is 10.7. The normalized spacial score (nSPS) is 10.9. The molecule has 0 heterocycles. The molecule has 0 aliphatic rings. The van der Waals surface area contributed by atoms with Gasteiger partial charge in [-0.1, -0.05) is 61.9 Å². The lowest BCUT2D eigenvalue weighted by atomic mass is 10.0. The van der Waals surface area contributed by atoms with E-state index in [4.69, 9.17) is 5.73 Å². The lowest BCUT2D eigenvalue weighted by molar-refractivity contribution is -0.113. The van der Waals surface area contributed by atoms with Crippen molar-refractivity contribution >= 4 is 12.0 Å². The quantitative estimate of drug-likeness (QED) is 0.791. The zero-order valence-electron chi connectivity index (χ0n) is 12.4. The van der Waals surface area contributed by atoms with E-state index in [2.05, 4.69) is 43.3 Å². The van der Waals surface area contributed by atoms with Gasteiger partial charge < -0.3 is 5.73 Å². The summed E-state index contributed by atoms with van der Waals surface area (Å²) in [5.41, 5.74) is 9.83. The van der Waals surface area contributed by atoms with Crippen molar-refractivity contribution in [1.82, 2.24) is 0 Å². The molecule has 1 amide bonds. The van der Waals surface area contributed by atoms with Crippen molar-refractivity contribution < 1.29 is 4.79 Å². The molecule has 0 aromatic heterocycles. The lowest BCUT2D eigenvalue weighted by Crippen LogP contribution is -2.04. The Morgan fingerprint density at radius 1 is 1.00 bits per heavy atom. The fourth-order valence-corrected chi connectivity index (χ4v) is 2.21. The highest BCUT2D eigenvalue weighted by Crippen LogP contribution is 2.21. The topological polar surface area (TPSA) is 43.1 Å². The van der Waals surface area contributed by atoms with E-state index in [1.165, 1.54) is 35.6 Å². The second-order valence-corrected chi connectivity index (χ2v) is 5.16. The molecule has 108 valence electrons. The molecule has 2 aromatic carbocycles. The van der Waals surface area contributed by atoms with Crippen LogP contribution in [0.1, 0.15) is 30.9 Å². The van der Waals surface area contributed by atoms with Crippen LogP contribution in [0.5, 0.6) is 0 Å². The van der Waals surface area contributed by atoms with Crippen molar-refractivity contribution in [2.75, 3.05) is 0 Å². The predicted molar refractivity (Wildman–Crippen MR) is 88.7 cm³/mol. The van der Waals surface area contributed by atoms with Crippen LogP contribution in [0.3, 0.4) is 0 Å². The van der Waals surface area contributed by atoms with Crippen molar-refractivity contribution in [1.29, 1.82) is 0 Å². The summed E-state index contributed by atoms with van der Waals surface area (Å²) in [6, 6.07) is 16.8. The van der Waals surface area contributed by atoms with Gasteiger partial charge in [-0.2, -0.15) is 0 Å². The van der Waals surface area contributed by atoms with Gasteiger partial charge in [0, 0.05) is 6.08 Å². The molecule has 0 bridgehead atoms. The SMILES string of the molecule is CCCCc1ccc(-c2ccc(/C=C/C(N)=O)cc2)cc1. The van der Waals surface area contributed by atoms with E-state index in [-0.39, 0.29) is 0 Å². The van der Waals surface area contributed by atoms with Crippen LogP contribution in [0.15, 0.2) is 54.6 Å². The summed E-state index contributed by atoms with van der Waals surface area (Å²) in [6.07, 6.45) is 6.70.